The Morgan fingerprint density at radius 1 is 1.40 bits per heavy atom. The van der Waals surface area contributed by atoms with Gasteiger partial charge in [0.15, 0.2) is 0 Å². The summed E-state index contributed by atoms with van der Waals surface area (Å²) >= 11 is 0. The molecular formula is C12H20N6O2. The van der Waals surface area contributed by atoms with Gasteiger partial charge >= 0.3 is 0 Å². The van der Waals surface area contributed by atoms with E-state index in [0.717, 1.165) is 19.3 Å². The van der Waals surface area contributed by atoms with Gasteiger partial charge in [0.1, 0.15) is 5.82 Å². The Morgan fingerprint density at radius 3 is 3.00 bits per heavy atom. The molecule has 8 heteroatoms. The maximum atomic E-state index is 11.8. The van der Waals surface area contributed by atoms with Crippen LogP contribution < -0.4 is 11.1 Å². The highest BCUT2D eigenvalue weighted by Gasteiger charge is 2.18. The molecule has 0 saturated carbocycles. The second-order valence-electron chi connectivity index (χ2n) is 4.87. The third kappa shape index (κ3) is 4.22. The lowest BCUT2D eigenvalue weighted by Gasteiger charge is -2.19. The minimum atomic E-state index is -0.146. The van der Waals surface area contributed by atoms with Gasteiger partial charge < -0.3 is 16.0 Å². The molecular weight excluding hydrogens is 260 g/mol. The van der Waals surface area contributed by atoms with Gasteiger partial charge in [-0.05, 0) is 12.8 Å². The lowest BCUT2D eigenvalue weighted by molar-refractivity contribution is -0.135. The van der Waals surface area contributed by atoms with Crippen molar-refractivity contribution in [1.29, 1.82) is 0 Å². The molecule has 0 spiro atoms. The van der Waals surface area contributed by atoms with Gasteiger partial charge in [0.2, 0.25) is 17.8 Å². The standard InChI is InChI=1S/C12H20N6O2/c13-12-15-9(16-17-12)5-6-14-10(19)8-18-7-3-1-2-4-11(18)20/h1-8H2,(H,14,19)(H3,13,15,16,17). The van der Waals surface area contributed by atoms with Crippen LogP contribution in [0.25, 0.3) is 0 Å². The van der Waals surface area contributed by atoms with Crippen molar-refractivity contribution in [3.05, 3.63) is 5.82 Å². The van der Waals surface area contributed by atoms with Crippen LogP contribution in [0.15, 0.2) is 0 Å². The number of aromatic nitrogens is 3. The molecule has 110 valence electrons. The predicted octanol–water partition coefficient (Wildman–Crippen LogP) is -0.552. The summed E-state index contributed by atoms with van der Waals surface area (Å²) in [5.74, 6) is 0.753. The molecule has 1 fully saturated rings. The number of hydrogen-bond donors (Lipinski definition) is 3. The van der Waals surface area contributed by atoms with Crippen LogP contribution in [0.5, 0.6) is 0 Å². The molecule has 1 aliphatic heterocycles. The Balaban J connectivity index is 1.70. The summed E-state index contributed by atoms with van der Waals surface area (Å²) in [5.41, 5.74) is 5.38. The van der Waals surface area contributed by atoms with Crippen molar-refractivity contribution in [2.24, 2.45) is 0 Å². The van der Waals surface area contributed by atoms with Crippen LogP contribution in [0.2, 0.25) is 0 Å². The quantitative estimate of drug-likeness (QED) is 0.669. The molecule has 4 N–H and O–H groups in total. The first-order valence-corrected chi connectivity index (χ1v) is 6.86. The highest BCUT2D eigenvalue weighted by molar-refractivity contribution is 5.84. The Bertz CT molecular complexity index is 472. The summed E-state index contributed by atoms with van der Waals surface area (Å²) in [6.45, 7) is 1.25. The van der Waals surface area contributed by atoms with E-state index in [4.69, 9.17) is 5.73 Å². The number of carbonyl (C=O) groups is 2. The number of H-pyrrole nitrogens is 1. The molecule has 0 unspecified atom stereocenters. The van der Waals surface area contributed by atoms with Gasteiger partial charge in [0, 0.05) is 25.9 Å². The highest BCUT2D eigenvalue weighted by atomic mass is 16.2. The molecule has 1 aliphatic rings. The number of likely N-dealkylation sites (tertiary alicyclic amines) is 1. The average Bonchev–Trinajstić information content (AvgIpc) is 2.71. The van der Waals surface area contributed by atoms with E-state index < -0.39 is 0 Å². The number of aromatic amines is 1. The van der Waals surface area contributed by atoms with E-state index >= 15 is 0 Å². The Hall–Kier alpha value is -2.12. The van der Waals surface area contributed by atoms with Crippen molar-refractivity contribution >= 4 is 17.8 Å². The van der Waals surface area contributed by atoms with E-state index in [1.807, 2.05) is 0 Å². The van der Waals surface area contributed by atoms with Gasteiger partial charge in [-0.2, -0.15) is 4.98 Å². The second kappa shape index (κ2) is 6.88. The molecule has 2 amide bonds. The fourth-order valence-corrected chi connectivity index (χ4v) is 2.18. The number of nitrogens with two attached hydrogens (primary N) is 1. The minimum absolute atomic E-state index is 0.0701. The lowest BCUT2D eigenvalue weighted by atomic mass is 10.2. The van der Waals surface area contributed by atoms with E-state index in [-0.39, 0.29) is 24.3 Å². The first kappa shape index (κ1) is 14.3. The van der Waals surface area contributed by atoms with Gasteiger partial charge in [0.05, 0.1) is 6.54 Å². The number of rotatable bonds is 5. The van der Waals surface area contributed by atoms with Gasteiger partial charge in [-0.25, -0.2) is 0 Å². The monoisotopic (exact) mass is 280 g/mol. The molecule has 0 radical (unpaired) electrons. The topological polar surface area (TPSA) is 117 Å². The lowest BCUT2D eigenvalue weighted by Crippen LogP contribution is -2.41. The van der Waals surface area contributed by atoms with Crippen molar-refractivity contribution in [2.45, 2.75) is 32.1 Å². The summed E-state index contributed by atoms with van der Waals surface area (Å²) in [4.78, 5) is 29.1. The molecule has 0 aromatic carbocycles. The van der Waals surface area contributed by atoms with E-state index in [9.17, 15) is 9.59 Å². The van der Waals surface area contributed by atoms with Crippen molar-refractivity contribution in [1.82, 2.24) is 25.4 Å². The first-order valence-electron chi connectivity index (χ1n) is 6.86. The Kier molecular flexibility index (Phi) is 4.91. The Morgan fingerprint density at radius 2 is 2.25 bits per heavy atom. The number of nitrogens with one attached hydrogen (secondary N) is 2. The molecule has 0 aliphatic carbocycles. The van der Waals surface area contributed by atoms with Crippen LogP contribution >= 0.6 is 0 Å². The van der Waals surface area contributed by atoms with Crippen molar-refractivity contribution in [2.75, 3.05) is 25.4 Å². The third-order valence-corrected chi connectivity index (χ3v) is 3.24. The smallest absolute Gasteiger partial charge is 0.239 e. The van der Waals surface area contributed by atoms with Crippen molar-refractivity contribution in [3.8, 4) is 0 Å². The summed E-state index contributed by atoms with van der Waals surface area (Å²) < 4.78 is 0. The van der Waals surface area contributed by atoms with Crippen LogP contribution in [0.4, 0.5) is 5.95 Å². The van der Waals surface area contributed by atoms with Crippen molar-refractivity contribution in [3.63, 3.8) is 0 Å². The van der Waals surface area contributed by atoms with Gasteiger partial charge in [-0.3, -0.25) is 14.7 Å². The number of hydrogen-bond acceptors (Lipinski definition) is 5. The zero-order valence-electron chi connectivity index (χ0n) is 11.4. The fourth-order valence-electron chi connectivity index (χ4n) is 2.18. The number of nitrogens with zero attached hydrogens (tertiary/aromatic N) is 3. The number of nitrogen functional groups attached to an aromatic ring is 1. The molecule has 0 atom stereocenters. The van der Waals surface area contributed by atoms with E-state index in [2.05, 4.69) is 20.5 Å². The number of amides is 2. The van der Waals surface area contributed by atoms with Gasteiger partial charge in [-0.1, -0.05) is 6.42 Å². The highest BCUT2D eigenvalue weighted by Crippen LogP contribution is 2.10. The Labute approximate surface area is 117 Å². The molecule has 2 rings (SSSR count). The zero-order chi connectivity index (χ0) is 14.4. The summed E-state index contributed by atoms with van der Waals surface area (Å²) in [6.07, 6.45) is 4.02. The molecule has 2 heterocycles. The van der Waals surface area contributed by atoms with Crippen LogP contribution in [0.1, 0.15) is 31.5 Å². The van der Waals surface area contributed by atoms with Crippen LogP contribution in [0, 0.1) is 0 Å². The van der Waals surface area contributed by atoms with E-state index in [0.29, 0.717) is 31.8 Å². The zero-order valence-corrected chi connectivity index (χ0v) is 11.4. The second-order valence-corrected chi connectivity index (χ2v) is 4.87. The number of carbonyl (C=O) groups excluding carboxylic acids is 2. The summed E-state index contributed by atoms with van der Waals surface area (Å²) in [7, 11) is 0. The molecule has 20 heavy (non-hydrogen) atoms. The molecule has 8 nitrogen and oxygen atoms in total. The molecule has 1 aromatic rings. The fraction of sp³-hybridized carbons (Fsp3) is 0.667. The van der Waals surface area contributed by atoms with Crippen molar-refractivity contribution < 1.29 is 9.59 Å². The first-order chi connectivity index (χ1) is 9.65. The minimum Gasteiger partial charge on any atom is -0.367 e. The average molecular weight is 280 g/mol. The van der Waals surface area contributed by atoms with Gasteiger partial charge in [-0.15, -0.1) is 5.10 Å². The maximum absolute atomic E-state index is 11.8. The van der Waals surface area contributed by atoms with E-state index in [1.54, 1.807) is 4.90 Å². The summed E-state index contributed by atoms with van der Waals surface area (Å²) in [5, 5.41) is 9.15. The normalized spacial score (nSPS) is 16.0. The van der Waals surface area contributed by atoms with Crippen LogP contribution in [-0.2, 0) is 16.0 Å². The molecule has 1 saturated heterocycles. The summed E-state index contributed by atoms with van der Waals surface area (Å²) in [6, 6.07) is 0. The largest absolute Gasteiger partial charge is 0.367 e. The van der Waals surface area contributed by atoms with Crippen LogP contribution in [-0.4, -0.2) is 51.5 Å². The third-order valence-electron chi connectivity index (χ3n) is 3.24. The predicted molar refractivity (Wildman–Crippen MR) is 72.6 cm³/mol. The number of anilines is 1. The van der Waals surface area contributed by atoms with Crippen LogP contribution in [0.3, 0.4) is 0 Å². The SMILES string of the molecule is Nc1n[nH]c(CCNC(=O)CN2CCCCCC2=O)n1. The molecule has 1 aromatic heterocycles. The molecule has 0 bridgehead atoms. The van der Waals surface area contributed by atoms with E-state index in [1.165, 1.54) is 0 Å². The van der Waals surface area contributed by atoms with Gasteiger partial charge in [0.25, 0.3) is 0 Å². The maximum Gasteiger partial charge on any atom is 0.239 e.